The summed E-state index contributed by atoms with van der Waals surface area (Å²) >= 11 is 0. The Morgan fingerprint density at radius 2 is 2.26 bits per heavy atom. The number of rotatable bonds is 3. The molecule has 0 atom stereocenters. The zero-order valence-electron chi connectivity index (χ0n) is 10.9. The summed E-state index contributed by atoms with van der Waals surface area (Å²) in [5, 5.41) is 3.69. The van der Waals surface area contributed by atoms with Gasteiger partial charge in [0.15, 0.2) is 11.6 Å². The fourth-order valence-electron chi connectivity index (χ4n) is 2.31. The van der Waals surface area contributed by atoms with Crippen molar-refractivity contribution in [2.24, 2.45) is 0 Å². The molecule has 2 aromatic rings. The second kappa shape index (κ2) is 4.84. The number of ether oxygens (including phenoxy) is 1. The summed E-state index contributed by atoms with van der Waals surface area (Å²) in [5.41, 5.74) is 7.95. The van der Waals surface area contributed by atoms with Crippen LogP contribution in [0.25, 0.3) is 0 Å². The summed E-state index contributed by atoms with van der Waals surface area (Å²) in [6.45, 7) is 1.46. The molecule has 100 valence electrons. The van der Waals surface area contributed by atoms with Crippen molar-refractivity contribution in [2.75, 3.05) is 24.3 Å². The summed E-state index contributed by atoms with van der Waals surface area (Å²) < 4.78 is 10.7. The molecule has 0 spiro atoms. The highest BCUT2D eigenvalue weighted by molar-refractivity contribution is 5.53. The lowest BCUT2D eigenvalue weighted by Gasteiger charge is -2.22. The molecule has 5 nitrogen and oxygen atoms in total. The van der Waals surface area contributed by atoms with Crippen LogP contribution in [0.5, 0.6) is 5.75 Å². The van der Waals surface area contributed by atoms with E-state index in [4.69, 9.17) is 15.0 Å². The van der Waals surface area contributed by atoms with Crippen LogP contribution in [0, 0.1) is 0 Å². The van der Waals surface area contributed by atoms with E-state index >= 15 is 0 Å². The van der Waals surface area contributed by atoms with Crippen molar-refractivity contribution >= 4 is 11.5 Å². The summed E-state index contributed by atoms with van der Waals surface area (Å²) in [7, 11) is 2.02. The first-order chi connectivity index (χ1) is 9.22. The third kappa shape index (κ3) is 2.50. The molecule has 0 bridgehead atoms. The highest BCUT2D eigenvalue weighted by Crippen LogP contribution is 2.29. The van der Waals surface area contributed by atoms with E-state index in [1.54, 1.807) is 6.07 Å². The molecule has 0 saturated heterocycles. The molecule has 1 aliphatic rings. The maximum absolute atomic E-state index is 5.62. The quantitative estimate of drug-likeness (QED) is 0.915. The van der Waals surface area contributed by atoms with Gasteiger partial charge in [-0.1, -0.05) is 5.16 Å². The van der Waals surface area contributed by atoms with Gasteiger partial charge >= 0.3 is 0 Å². The molecule has 19 heavy (non-hydrogen) atoms. The first kappa shape index (κ1) is 11.9. The van der Waals surface area contributed by atoms with Gasteiger partial charge in [-0.15, -0.1) is 0 Å². The Labute approximate surface area is 111 Å². The Balaban J connectivity index is 1.77. The van der Waals surface area contributed by atoms with Gasteiger partial charge < -0.3 is 19.9 Å². The minimum absolute atomic E-state index is 0.419. The van der Waals surface area contributed by atoms with E-state index in [1.807, 2.05) is 13.1 Å². The molecular formula is C14H17N3O2. The normalized spacial score (nSPS) is 13.7. The fourth-order valence-corrected chi connectivity index (χ4v) is 2.31. The van der Waals surface area contributed by atoms with E-state index in [9.17, 15) is 0 Å². The molecule has 1 aliphatic heterocycles. The van der Waals surface area contributed by atoms with Crippen molar-refractivity contribution in [3.63, 3.8) is 0 Å². The predicted octanol–water partition coefficient (Wildman–Crippen LogP) is 2.22. The van der Waals surface area contributed by atoms with Crippen LogP contribution in [0.1, 0.15) is 17.7 Å². The van der Waals surface area contributed by atoms with Crippen LogP contribution in [0.4, 0.5) is 11.5 Å². The topological polar surface area (TPSA) is 64.5 Å². The molecule has 2 heterocycles. The number of hydrogen-bond acceptors (Lipinski definition) is 5. The minimum Gasteiger partial charge on any atom is -0.493 e. The van der Waals surface area contributed by atoms with E-state index in [1.165, 1.54) is 5.56 Å². The molecule has 3 rings (SSSR count). The number of nitrogen functional groups attached to an aromatic ring is 1. The van der Waals surface area contributed by atoms with Gasteiger partial charge in [-0.05, 0) is 36.6 Å². The van der Waals surface area contributed by atoms with Crippen LogP contribution in [-0.4, -0.2) is 18.8 Å². The number of nitrogens with zero attached hydrogens (tertiary/aromatic N) is 2. The van der Waals surface area contributed by atoms with Crippen molar-refractivity contribution in [1.29, 1.82) is 0 Å². The predicted molar refractivity (Wildman–Crippen MR) is 73.3 cm³/mol. The van der Waals surface area contributed by atoms with Crippen LogP contribution < -0.4 is 15.4 Å². The van der Waals surface area contributed by atoms with Gasteiger partial charge in [0.05, 0.1) is 13.2 Å². The monoisotopic (exact) mass is 259 g/mol. The maximum atomic E-state index is 5.62. The number of anilines is 2. The van der Waals surface area contributed by atoms with E-state index in [-0.39, 0.29) is 0 Å². The van der Waals surface area contributed by atoms with Gasteiger partial charge in [-0.25, -0.2) is 0 Å². The van der Waals surface area contributed by atoms with Crippen molar-refractivity contribution in [1.82, 2.24) is 5.16 Å². The first-order valence-electron chi connectivity index (χ1n) is 6.40. The Kier molecular flexibility index (Phi) is 3.03. The Bertz CT molecular complexity index is 580. The highest BCUT2D eigenvalue weighted by Gasteiger charge is 2.13. The first-order valence-corrected chi connectivity index (χ1v) is 6.40. The fraction of sp³-hybridized carbons (Fsp3) is 0.357. The standard InChI is InChI=1S/C14H17N3O2/c1-17(9-12-8-14(15)16-19-12)11-4-5-13-10(7-11)3-2-6-18-13/h4-5,7-8H,2-3,6,9H2,1H3,(H2,15,16). The number of aromatic nitrogens is 1. The smallest absolute Gasteiger partial charge is 0.167 e. The van der Waals surface area contributed by atoms with Crippen molar-refractivity contribution in [2.45, 2.75) is 19.4 Å². The molecule has 5 heteroatoms. The molecule has 0 fully saturated rings. The SMILES string of the molecule is CN(Cc1cc(N)no1)c1ccc2c(c1)CCCO2. The molecule has 1 aromatic heterocycles. The van der Waals surface area contributed by atoms with Gasteiger partial charge in [0.2, 0.25) is 0 Å². The summed E-state index contributed by atoms with van der Waals surface area (Å²) in [4.78, 5) is 2.11. The molecule has 0 radical (unpaired) electrons. The highest BCUT2D eigenvalue weighted by atomic mass is 16.5. The van der Waals surface area contributed by atoms with Crippen LogP contribution in [0.15, 0.2) is 28.8 Å². The van der Waals surface area contributed by atoms with Crippen LogP contribution in [0.3, 0.4) is 0 Å². The maximum Gasteiger partial charge on any atom is 0.167 e. The zero-order valence-corrected chi connectivity index (χ0v) is 10.9. The zero-order chi connectivity index (χ0) is 13.2. The number of aryl methyl sites for hydroxylation is 1. The number of benzene rings is 1. The molecule has 1 aromatic carbocycles. The molecule has 2 N–H and O–H groups in total. The van der Waals surface area contributed by atoms with Crippen molar-refractivity contribution in [3.8, 4) is 5.75 Å². The second-order valence-electron chi connectivity index (χ2n) is 4.82. The Morgan fingerprint density at radius 3 is 3.05 bits per heavy atom. The average molecular weight is 259 g/mol. The van der Waals surface area contributed by atoms with Crippen LogP contribution >= 0.6 is 0 Å². The Hall–Kier alpha value is -2.17. The summed E-state index contributed by atoms with van der Waals surface area (Å²) in [5.74, 6) is 2.18. The third-order valence-corrected chi connectivity index (χ3v) is 3.30. The molecular weight excluding hydrogens is 242 g/mol. The third-order valence-electron chi connectivity index (χ3n) is 3.30. The largest absolute Gasteiger partial charge is 0.493 e. The average Bonchev–Trinajstić information content (AvgIpc) is 2.83. The van der Waals surface area contributed by atoms with Crippen LogP contribution in [0.2, 0.25) is 0 Å². The van der Waals surface area contributed by atoms with Gasteiger partial charge in [0.1, 0.15) is 5.75 Å². The molecule has 0 aliphatic carbocycles. The van der Waals surface area contributed by atoms with Gasteiger partial charge in [-0.2, -0.15) is 0 Å². The van der Waals surface area contributed by atoms with E-state index < -0.39 is 0 Å². The van der Waals surface area contributed by atoms with Crippen LogP contribution in [-0.2, 0) is 13.0 Å². The molecule has 0 saturated carbocycles. The van der Waals surface area contributed by atoms with E-state index in [0.717, 1.165) is 36.6 Å². The molecule has 0 unspecified atom stereocenters. The summed E-state index contributed by atoms with van der Waals surface area (Å²) in [6.07, 6.45) is 2.16. The van der Waals surface area contributed by atoms with E-state index in [0.29, 0.717) is 12.4 Å². The van der Waals surface area contributed by atoms with Gasteiger partial charge in [-0.3, -0.25) is 0 Å². The van der Waals surface area contributed by atoms with Crippen molar-refractivity contribution in [3.05, 3.63) is 35.6 Å². The van der Waals surface area contributed by atoms with Gasteiger partial charge in [0, 0.05) is 18.8 Å². The van der Waals surface area contributed by atoms with Gasteiger partial charge in [0.25, 0.3) is 0 Å². The van der Waals surface area contributed by atoms with E-state index in [2.05, 4.69) is 22.2 Å². The lowest BCUT2D eigenvalue weighted by Crippen LogP contribution is -2.17. The number of fused-ring (bicyclic) bond motifs is 1. The van der Waals surface area contributed by atoms with Crippen molar-refractivity contribution < 1.29 is 9.26 Å². The number of hydrogen-bond donors (Lipinski definition) is 1. The number of nitrogens with two attached hydrogens (primary N) is 1. The second-order valence-corrected chi connectivity index (χ2v) is 4.82. The Morgan fingerprint density at radius 1 is 1.37 bits per heavy atom. The lowest BCUT2D eigenvalue weighted by molar-refractivity contribution is 0.288. The lowest BCUT2D eigenvalue weighted by atomic mass is 10.1. The minimum atomic E-state index is 0.419. The molecule has 0 amide bonds. The summed E-state index contributed by atoms with van der Waals surface area (Å²) in [6, 6.07) is 8.02.